The molecule has 19 heavy (non-hydrogen) atoms. The van der Waals surface area contributed by atoms with Gasteiger partial charge in [-0.3, -0.25) is 0 Å². The van der Waals surface area contributed by atoms with E-state index < -0.39 is 0 Å². The zero-order chi connectivity index (χ0) is 13.2. The van der Waals surface area contributed by atoms with Crippen molar-refractivity contribution in [3.63, 3.8) is 0 Å². The van der Waals surface area contributed by atoms with Gasteiger partial charge in [-0.05, 0) is 32.7 Å². The van der Waals surface area contributed by atoms with Crippen LogP contribution in [-0.2, 0) is 11.2 Å². The highest BCUT2D eigenvalue weighted by atomic mass is 32.1. The summed E-state index contributed by atoms with van der Waals surface area (Å²) in [5, 5.41) is 4.63. The molecule has 1 fully saturated rings. The number of ether oxygens (including phenoxy) is 1. The highest BCUT2D eigenvalue weighted by Gasteiger charge is 2.27. The lowest BCUT2D eigenvalue weighted by Crippen LogP contribution is -2.42. The molecule has 1 aliphatic heterocycles. The van der Waals surface area contributed by atoms with Crippen molar-refractivity contribution < 1.29 is 4.74 Å². The second kappa shape index (κ2) is 5.77. The lowest BCUT2D eigenvalue weighted by atomic mass is 9.98. The van der Waals surface area contributed by atoms with Gasteiger partial charge in [0.2, 0.25) is 0 Å². The van der Waals surface area contributed by atoms with Crippen molar-refractivity contribution in [3.05, 3.63) is 10.6 Å². The lowest BCUT2D eigenvalue weighted by Gasteiger charge is -2.32. The van der Waals surface area contributed by atoms with Gasteiger partial charge in [-0.15, -0.1) is 0 Å². The first-order chi connectivity index (χ1) is 9.31. The van der Waals surface area contributed by atoms with Crippen molar-refractivity contribution in [2.24, 2.45) is 0 Å². The number of anilines is 1. The average molecular weight is 281 g/mol. The third-order valence-electron chi connectivity index (χ3n) is 4.15. The van der Waals surface area contributed by atoms with Crippen molar-refractivity contribution in [3.8, 4) is 0 Å². The van der Waals surface area contributed by atoms with E-state index in [0.717, 1.165) is 32.5 Å². The van der Waals surface area contributed by atoms with Crippen LogP contribution in [0.3, 0.4) is 0 Å². The summed E-state index contributed by atoms with van der Waals surface area (Å²) >= 11 is 1.88. The molecule has 1 saturated heterocycles. The fourth-order valence-electron chi connectivity index (χ4n) is 2.96. The summed E-state index contributed by atoms with van der Waals surface area (Å²) in [6.07, 6.45) is 5.09. The highest BCUT2D eigenvalue weighted by Crippen LogP contribution is 2.37. The van der Waals surface area contributed by atoms with Crippen molar-refractivity contribution in [2.75, 3.05) is 31.6 Å². The molecule has 5 heteroatoms. The van der Waals surface area contributed by atoms with Crippen LogP contribution in [0.15, 0.2) is 0 Å². The van der Waals surface area contributed by atoms with Crippen LogP contribution < -0.4 is 10.2 Å². The van der Waals surface area contributed by atoms with E-state index in [-0.39, 0.29) is 0 Å². The number of aromatic nitrogens is 1. The van der Waals surface area contributed by atoms with Gasteiger partial charge in [0, 0.05) is 24.0 Å². The SMILES string of the molecule is CCC1CN(c2nc3c(s2)C(NC)CCC3)CCO1. The molecule has 0 amide bonds. The Morgan fingerprint density at radius 1 is 1.53 bits per heavy atom. The minimum Gasteiger partial charge on any atom is -0.375 e. The summed E-state index contributed by atoms with van der Waals surface area (Å²) in [7, 11) is 2.06. The van der Waals surface area contributed by atoms with E-state index in [1.165, 1.54) is 28.5 Å². The van der Waals surface area contributed by atoms with Crippen LogP contribution in [0.4, 0.5) is 5.13 Å². The van der Waals surface area contributed by atoms with Gasteiger partial charge in [0.1, 0.15) is 0 Å². The first-order valence-electron chi connectivity index (χ1n) is 7.35. The monoisotopic (exact) mass is 281 g/mol. The van der Waals surface area contributed by atoms with E-state index in [0.29, 0.717) is 12.1 Å². The fraction of sp³-hybridized carbons (Fsp3) is 0.786. The molecule has 0 spiro atoms. The number of hydrogen-bond donors (Lipinski definition) is 1. The molecule has 4 nitrogen and oxygen atoms in total. The maximum Gasteiger partial charge on any atom is 0.186 e. The van der Waals surface area contributed by atoms with Crippen LogP contribution in [0, 0.1) is 0 Å². The van der Waals surface area contributed by atoms with Crippen LogP contribution in [0.5, 0.6) is 0 Å². The van der Waals surface area contributed by atoms with Gasteiger partial charge >= 0.3 is 0 Å². The number of rotatable bonds is 3. The minimum atomic E-state index is 0.370. The molecule has 2 heterocycles. The second-order valence-corrected chi connectivity index (χ2v) is 6.40. The van der Waals surface area contributed by atoms with Crippen LogP contribution >= 0.6 is 11.3 Å². The van der Waals surface area contributed by atoms with Gasteiger partial charge in [0.15, 0.2) is 5.13 Å². The van der Waals surface area contributed by atoms with E-state index >= 15 is 0 Å². The van der Waals surface area contributed by atoms with Crippen LogP contribution in [0.2, 0.25) is 0 Å². The third-order valence-corrected chi connectivity index (χ3v) is 5.42. The normalized spacial score (nSPS) is 27.4. The average Bonchev–Trinajstić information content (AvgIpc) is 2.91. The topological polar surface area (TPSA) is 37.4 Å². The number of hydrogen-bond acceptors (Lipinski definition) is 5. The number of nitrogens with zero attached hydrogens (tertiary/aromatic N) is 2. The molecule has 0 saturated carbocycles. The minimum absolute atomic E-state index is 0.370. The number of nitrogens with one attached hydrogen (secondary N) is 1. The summed E-state index contributed by atoms with van der Waals surface area (Å²) in [6, 6.07) is 0.512. The molecule has 2 atom stereocenters. The van der Waals surface area contributed by atoms with Gasteiger partial charge in [-0.25, -0.2) is 4.98 Å². The lowest BCUT2D eigenvalue weighted by molar-refractivity contribution is 0.0384. The molecule has 1 N–H and O–H groups in total. The van der Waals surface area contributed by atoms with Gasteiger partial charge in [0.05, 0.1) is 18.4 Å². The number of fused-ring (bicyclic) bond motifs is 1. The molecular weight excluding hydrogens is 258 g/mol. The van der Waals surface area contributed by atoms with Crippen molar-refractivity contribution in [1.82, 2.24) is 10.3 Å². The van der Waals surface area contributed by atoms with E-state index in [2.05, 4.69) is 24.2 Å². The van der Waals surface area contributed by atoms with Gasteiger partial charge in [0.25, 0.3) is 0 Å². The maximum absolute atomic E-state index is 5.75. The van der Waals surface area contributed by atoms with Crippen LogP contribution in [0.25, 0.3) is 0 Å². The quantitative estimate of drug-likeness (QED) is 0.923. The van der Waals surface area contributed by atoms with Gasteiger partial charge < -0.3 is 15.0 Å². The Morgan fingerprint density at radius 2 is 2.42 bits per heavy atom. The Balaban J connectivity index is 1.80. The first kappa shape index (κ1) is 13.3. The van der Waals surface area contributed by atoms with Gasteiger partial charge in [-0.2, -0.15) is 0 Å². The maximum atomic E-state index is 5.75. The standard InChI is InChI=1S/C14H23N3OS/c1-3-10-9-17(7-8-18-10)14-16-12-6-4-5-11(15-2)13(12)19-14/h10-11,15H,3-9H2,1-2H3. The molecule has 0 bridgehead atoms. The highest BCUT2D eigenvalue weighted by molar-refractivity contribution is 7.15. The molecule has 3 rings (SSSR count). The van der Waals surface area contributed by atoms with E-state index in [9.17, 15) is 0 Å². The Kier molecular flexibility index (Phi) is 4.05. The Hall–Kier alpha value is -0.650. The number of morpholine rings is 1. The van der Waals surface area contributed by atoms with E-state index in [1.54, 1.807) is 0 Å². The summed E-state index contributed by atoms with van der Waals surface area (Å²) in [5.74, 6) is 0. The number of aryl methyl sites for hydroxylation is 1. The zero-order valence-electron chi connectivity index (χ0n) is 11.8. The molecule has 2 aliphatic rings. The fourth-order valence-corrected chi connectivity index (χ4v) is 4.25. The third kappa shape index (κ3) is 2.64. The molecular formula is C14H23N3OS. The molecule has 2 unspecified atom stereocenters. The summed E-state index contributed by atoms with van der Waals surface area (Å²) in [6.45, 7) is 5.00. The first-order valence-corrected chi connectivity index (χ1v) is 8.17. The molecule has 0 aromatic carbocycles. The Labute approximate surface area is 119 Å². The summed E-state index contributed by atoms with van der Waals surface area (Å²) in [4.78, 5) is 8.76. The van der Waals surface area contributed by atoms with Crippen molar-refractivity contribution >= 4 is 16.5 Å². The Morgan fingerprint density at radius 3 is 3.21 bits per heavy atom. The summed E-state index contributed by atoms with van der Waals surface area (Å²) < 4.78 is 5.75. The van der Waals surface area contributed by atoms with Gasteiger partial charge in [-0.1, -0.05) is 18.3 Å². The largest absolute Gasteiger partial charge is 0.375 e. The number of thiazole rings is 1. The molecule has 1 aromatic heterocycles. The molecule has 1 aliphatic carbocycles. The van der Waals surface area contributed by atoms with Crippen molar-refractivity contribution in [1.29, 1.82) is 0 Å². The smallest absolute Gasteiger partial charge is 0.186 e. The predicted octanol–water partition coefficient (Wildman–Crippen LogP) is 2.36. The second-order valence-electron chi connectivity index (χ2n) is 5.39. The van der Waals surface area contributed by atoms with Crippen molar-refractivity contribution in [2.45, 2.75) is 44.8 Å². The van der Waals surface area contributed by atoms with Crippen LogP contribution in [0.1, 0.15) is 42.8 Å². The van der Waals surface area contributed by atoms with E-state index in [4.69, 9.17) is 9.72 Å². The molecule has 0 radical (unpaired) electrons. The van der Waals surface area contributed by atoms with Crippen LogP contribution in [-0.4, -0.2) is 37.8 Å². The molecule has 1 aromatic rings. The molecule has 106 valence electrons. The van der Waals surface area contributed by atoms with E-state index in [1.807, 2.05) is 11.3 Å². The predicted molar refractivity (Wildman–Crippen MR) is 79.1 cm³/mol. The zero-order valence-corrected chi connectivity index (χ0v) is 12.6. The summed E-state index contributed by atoms with van der Waals surface area (Å²) in [5.41, 5.74) is 1.32. The Bertz CT molecular complexity index is 434.